The van der Waals surface area contributed by atoms with Gasteiger partial charge in [-0.1, -0.05) is 73.6 Å². The molecule has 9 atom stereocenters. The molecule has 0 radical (unpaired) electrons. The van der Waals surface area contributed by atoms with Gasteiger partial charge in [0.1, 0.15) is 23.9 Å². The first-order valence-corrected chi connectivity index (χ1v) is 25.0. The lowest BCUT2D eigenvalue weighted by molar-refractivity contribution is -0.344. The minimum absolute atomic E-state index is 0.0368. The van der Waals surface area contributed by atoms with E-state index in [1.165, 1.54) is 6.92 Å². The summed E-state index contributed by atoms with van der Waals surface area (Å²) in [4.78, 5) is 43.1. The van der Waals surface area contributed by atoms with E-state index in [4.69, 9.17) is 23.1 Å². The summed E-state index contributed by atoms with van der Waals surface area (Å²) in [5, 5.41) is 26.4. The molecule has 0 amide bonds. The predicted octanol–water partition coefficient (Wildman–Crippen LogP) is 7.14. The Morgan fingerprint density at radius 1 is 0.906 bits per heavy atom. The molecule has 53 heavy (non-hydrogen) atoms. The monoisotopic (exact) mass is 772 g/mol. The Morgan fingerprint density at radius 3 is 1.94 bits per heavy atom. The number of hydrogen-bond donors (Lipinski definition) is 2. The highest BCUT2D eigenvalue weighted by Gasteiger charge is 2.78. The first kappa shape index (κ1) is 42.0. The van der Waals surface area contributed by atoms with E-state index >= 15 is 4.79 Å². The van der Waals surface area contributed by atoms with Gasteiger partial charge in [-0.05, 0) is 73.4 Å². The number of fused-ring (bicyclic) bond motifs is 5. The SMILES string of the molecule is CC[Si](CC)(CC)OC1CC2(O)C(OC(=O)c3ccccc3)C3C4(OC(C)=O)COC4CC(O[Si](CC)(CC)CC)C3(C)C(=O)C(O)C(=C1C)C2(C)C. The van der Waals surface area contributed by atoms with E-state index in [0.717, 1.165) is 41.8 Å². The molecule has 2 bridgehead atoms. The van der Waals surface area contributed by atoms with Gasteiger partial charge in [0.25, 0.3) is 0 Å². The van der Waals surface area contributed by atoms with Gasteiger partial charge in [-0.15, -0.1) is 0 Å². The van der Waals surface area contributed by atoms with Crippen LogP contribution in [0.4, 0.5) is 0 Å². The van der Waals surface area contributed by atoms with Crippen LogP contribution in [0.2, 0.25) is 36.3 Å². The molecule has 12 heteroatoms. The molecular weight excluding hydrogens is 709 g/mol. The van der Waals surface area contributed by atoms with Crippen molar-refractivity contribution < 1.29 is 47.7 Å². The smallest absolute Gasteiger partial charge is 0.338 e. The van der Waals surface area contributed by atoms with Crippen molar-refractivity contribution in [3.63, 3.8) is 0 Å². The van der Waals surface area contributed by atoms with Crippen molar-refractivity contribution in [2.24, 2.45) is 16.7 Å². The van der Waals surface area contributed by atoms with Crippen LogP contribution in [0, 0.1) is 16.7 Å². The fourth-order valence-electron chi connectivity index (χ4n) is 10.5. The molecule has 4 aliphatic rings. The lowest BCUT2D eigenvalue weighted by Crippen LogP contribution is -2.82. The number of esters is 2. The number of carbonyl (C=O) groups is 3. The largest absolute Gasteiger partial charge is 0.455 e. The normalized spacial score (nSPS) is 35.3. The molecule has 9 unspecified atom stereocenters. The van der Waals surface area contributed by atoms with Crippen molar-refractivity contribution in [3.8, 4) is 0 Å². The second kappa shape index (κ2) is 15.0. The van der Waals surface area contributed by atoms with Crippen LogP contribution in [-0.4, -0.2) is 92.9 Å². The molecule has 5 rings (SSSR count). The number of hydrogen-bond acceptors (Lipinski definition) is 10. The Labute approximate surface area is 318 Å². The topological polar surface area (TPSA) is 138 Å². The summed E-state index contributed by atoms with van der Waals surface area (Å²) in [5.41, 5.74) is -4.90. The van der Waals surface area contributed by atoms with Gasteiger partial charge in [0.15, 0.2) is 28.0 Å². The molecule has 1 aromatic carbocycles. The molecule has 3 aliphatic carbocycles. The first-order chi connectivity index (χ1) is 24.9. The van der Waals surface area contributed by atoms with Gasteiger partial charge in [-0.2, -0.15) is 0 Å². The molecule has 2 N–H and O–H groups in total. The average Bonchev–Trinajstić information content (AvgIpc) is 3.13. The molecule has 1 aromatic rings. The third kappa shape index (κ3) is 6.45. The van der Waals surface area contributed by atoms with Crippen molar-refractivity contribution in [2.75, 3.05) is 6.61 Å². The number of ether oxygens (including phenoxy) is 3. The van der Waals surface area contributed by atoms with Crippen molar-refractivity contribution in [3.05, 3.63) is 47.0 Å². The van der Waals surface area contributed by atoms with Crippen molar-refractivity contribution in [1.82, 2.24) is 0 Å². The van der Waals surface area contributed by atoms with Gasteiger partial charge in [0.05, 0.1) is 35.7 Å². The fourth-order valence-corrected chi connectivity index (χ4v) is 16.3. The second-order valence-corrected chi connectivity index (χ2v) is 26.3. The van der Waals surface area contributed by atoms with E-state index in [1.807, 2.05) is 20.8 Å². The summed E-state index contributed by atoms with van der Waals surface area (Å²) in [6, 6.07) is 13.5. The van der Waals surface area contributed by atoms with Crippen LogP contribution in [0.25, 0.3) is 0 Å². The number of ketones is 1. The van der Waals surface area contributed by atoms with Crippen molar-refractivity contribution >= 4 is 34.4 Å². The van der Waals surface area contributed by atoms with Crippen LogP contribution in [0.1, 0.15) is 99.4 Å². The standard InChI is InChI=1S/C41H64O10Si2/c1-12-52(13-2,14-3)50-29-24-41(46)36(48-37(45)28-21-19-18-20-22-28)34-39(11,35(44)33(43)32(26(29)7)38(41,9)10)30(51-53(15-4,16-5)17-6)23-31-40(34,25-47-31)49-27(8)42/h18-22,29-31,33-34,36,43,46H,12-17,23-25H2,1-11H3. The summed E-state index contributed by atoms with van der Waals surface area (Å²) in [7, 11) is -4.76. The van der Waals surface area contributed by atoms with E-state index in [9.17, 15) is 19.8 Å². The minimum atomic E-state index is -2.43. The van der Waals surface area contributed by atoms with Crippen LogP contribution in [0.5, 0.6) is 0 Å². The van der Waals surface area contributed by atoms with Gasteiger partial charge >= 0.3 is 11.9 Å². The number of rotatable bonds is 13. The Bertz CT molecular complexity index is 1550. The zero-order chi connectivity index (χ0) is 39.4. The van der Waals surface area contributed by atoms with Crippen LogP contribution >= 0.6 is 0 Å². The van der Waals surface area contributed by atoms with E-state index in [2.05, 4.69) is 41.5 Å². The maximum Gasteiger partial charge on any atom is 0.338 e. The molecular formula is C41H64O10Si2. The Balaban J connectivity index is 1.86. The van der Waals surface area contributed by atoms with E-state index < -0.39 is 92.8 Å². The number of aliphatic hydroxyl groups excluding tert-OH is 1. The second-order valence-electron chi connectivity index (χ2n) is 16.9. The van der Waals surface area contributed by atoms with Gasteiger partial charge < -0.3 is 33.3 Å². The van der Waals surface area contributed by atoms with Crippen molar-refractivity contribution in [2.45, 2.75) is 167 Å². The molecule has 2 saturated carbocycles. The molecule has 3 fully saturated rings. The third-order valence-corrected chi connectivity index (χ3v) is 23.8. The lowest BCUT2D eigenvalue weighted by atomic mass is 9.44. The fraction of sp³-hybridized carbons (Fsp3) is 0.732. The molecule has 1 heterocycles. The molecule has 10 nitrogen and oxygen atoms in total. The first-order valence-electron chi connectivity index (χ1n) is 19.9. The quantitative estimate of drug-likeness (QED) is 0.121. The maximum atomic E-state index is 15.6. The number of benzene rings is 1. The van der Waals surface area contributed by atoms with E-state index in [0.29, 0.717) is 5.57 Å². The van der Waals surface area contributed by atoms with Gasteiger partial charge in [0.2, 0.25) is 0 Å². The summed E-state index contributed by atoms with van der Waals surface area (Å²) in [6.45, 7) is 21.2. The van der Waals surface area contributed by atoms with Crippen LogP contribution in [0.15, 0.2) is 41.5 Å². The van der Waals surface area contributed by atoms with Gasteiger partial charge in [0, 0.05) is 25.2 Å². The Morgan fingerprint density at radius 2 is 1.45 bits per heavy atom. The predicted molar refractivity (Wildman–Crippen MR) is 207 cm³/mol. The molecule has 1 saturated heterocycles. The average molecular weight is 773 g/mol. The highest BCUT2D eigenvalue weighted by Crippen LogP contribution is 2.65. The highest BCUT2D eigenvalue weighted by atomic mass is 28.4. The highest BCUT2D eigenvalue weighted by molar-refractivity contribution is 6.74. The van der Waals surface area contributed by atoms with Gasteiger partial charge in [-0.25, -0.2) is 4.79 Å². The van der Waals surface area contributed by atoms with Gasteiger partial charge in [-0.3, -0.25) is 9.59 Å². The van der Waals surface area contributed by atoms with Crippen LogP contribution in [-0.2, 0) is 32.7 Å². The third-order valence-electron chi connectivity index (χ3n) is 14.5. The summed E-state index contributed by atoms with van der Waals surface area (Å²) in [5.74, 6) is -2.93. The van der Waals surface area contributed by atoms with Crippen molar-refractivity contribution in [1.29, 1.82) is 0 Å². The molecule has 0 spiro atoms. The number of carbonyl (C=O) groups excluding carboxylic acids is 3. The summed E-state index contributed by atoms with van der Waals surface area (Å²) < 4.78 is 33.6. The van der Waals surface area contributed by atoms with E-state index in [1.54, 1.807) is 37.3 Å². The lowest BCUT2D eigenvalue weighted by Gasteiger charge is -2.68. The molecule has 1 aliphatic heterocycles. The zero-order valence-corrected chi connectivity index (χ0v) is 35.9. The minimum Gasteiger partial charge on any atom is -0.455 e. The summed E-state index contributed by atoms with van der Waals surface area (Å²) in [6.07, 6.45) is -4.93. The Kier molecular flexibility index (Phi) is 11.9. The molecule has 296 valence electrons. The Hall–Kier alpha value is -2.20. The summed E-state index contributed by atoms with van der Waals surface area (Å²) >= 11 is 0. The molecule has 0 aromatic heterocycles. The number of Topliss-reactive ketones (excluding diaryl/α,β-unsaturated/α-hetero) is 1. The van der Waals surface area contributed by atoms with Crippen LogP contribution < -0.4 is 0 Å². The number of aliphatic hydroxyl groups is 2. The van der Waals surface area contributed by atoms with Crippen LogP contribution in [0.3, 0.4) is 0 Å². The zero-order valence-electron chi connectivity index (χ0n) is 33.9. The van der Waals surface area contributed by atoms with E-state index in [-0.39, 0.29) is 25.0 Å². The maximum absolute atomic E-state index is 15.6.